The van der Waals surface area contributed by atoms with Crippen molar-refractivity contribution in [1.82, 2.24) is 10.6 Å². The first kappa shape index (κ1) is 19.9. The van der Waals surface area contributed by atoms with Crippen molar-refractivity contribution in [2.75, 3.05) is 13.2 Å². The van der Waals surface area contributed by atoms with Crippen LogP contribution < -0.4 is 10.6 Å². The Morgan fingerprint density at radius 1 is 1.05 bits per heavy atom. The van der Waals surface area contributed by atoms with E-state index in [1.165, 1.54) is 0 Å². The first-order chi connectivity index (χ1) is 9.64. The van der Waals surface area contributed by atoms with Crippen LogP contribution in [0.25, 0.3) is 0 Å². The molecule has 0 aliphatic rings. The zero-order chi connectivity index (χ0) is 16.5. The molecule has 0 atom stereocenters. The third kappa shape index (κ3) is 8.71. The van der Waals surface area contributed by atoms with E-state index in [1.54, 1.807) is 13.8 Å². The van der Waals surface area contributed by atoms with E-state index in [-0.39, 0.29) is 17.4 Å². The number of nitrogens with one attached hydrogen (secondary N) is 2. The van der Waals surface area contributed by atoms with Crippen molar-refractivity contribution in [3.63, 3.8) is 0 Å². The molecule has 0 spiro atoms. The number of hydrogen-bond acceptors (Lipinski definition) is 3. The molecule has 0 heterocycles. The summed E-state index contributed by atoms with van der Waals surface area (Å²) in [5, 5.41) is 5.82. The van der Waals surface area contributed by atoms with Gasteiger partial charge < -0.3 is 15.4 Å². The van der Waals surface area contributed by atoms with Crippen LogP contribution in [0, 0.1) is 0 Å². The lowest BCUT2D eigenvalue weighted by Crippen LogP contribution is -2.47. The molecule has 2 amide bonds. The molecule has 0 aliphatic heterocycles. The molecule has 2 N–H and O–H groups in total. The molecule has 21 heavy (non-hydrogen) atoms. The summed E-state index contributed by atoms with van der Waals surface area (Å²) in [5.41, 5.74) is -1.18. The fourth-order valence-electron chi connectivity index (χ4n) is 1.81. The summed E-state index contributed by atoms with van der Waals surface area (Å²) in [5.74, 6) is -0.0420. The van der Waals surface area contributed by atoms with Crippen LogP contribution in [0.2, 0.25) is 0 Å². The maximum Gasteiger partial charge on any atom is 0.251 e. The molecule has 0 aliphatic carbocycles. The average Bonchev–Trinajstić information content (AvgIpc) is 2.34. The van der Waals surface area contributed by atoms with E-state index < -0.39 is 5.60 Å². The first-order valence-corrected chi connectivity index (χ1v) is 7.88. The van der Waals surface area contributed by atoms with Crippen molar-refractivity contribution in [3.05, 3.63) is 0 Å². The maximum atomic E-state index is 11.9. The van der Waals surface area contributed by atoms with Crippen molar-refractivity contribution >= 4 is 11.8 Å². The number of carbonyl (C=O) groups is 2. The molecule has 0 radical (unpaired) electrons. The van der Waals surface area contributed by atoms with Gasteiger partial charge in [-0.1, -0.05) is 13.8 Å². The highest BCUT2D eigenvalue weighted by molar-refractivity contribution is 5.84. The second-order valence-electron chi connectivity index (χ2n) is 6.55. The second kappa shape index (κ2) is 9.03. The third-order valence-electron chi connectivity index (χ3n) is 3.23. The van der Waals surface area contributed by atoms with Crippen LogP contribution in [0.1, 0.15) is 67.2 Å². The molecule has 0 unspecified atom stereocenters. The van der Waals surface area contributed by atoms with E-state index in [0.717, 1.165) is 12.8 Å². The van der Waals surface area contributed by atoms with Crippen LogP contribution in [0.4, 0.5) is 0 Å². The highest BCUT2D eigenvalue weighted by atomic mass is 16.5. The average molecular weight is 300 g/mol. The van der Waals surface area contributed by atoms with Gasteiger partial charge in [0.05, 0.1) is 6.61 Å². The fourth-order valence-corrected chi connectivity index (χ4v) is 1.81. The predicted octanol–water partition coefficient (Wildman–Crippen LogP) is 2.39. The Kier molecular flexibility index (Phi) is 8.55. The lowest BCUT2D eigenvalue weighted by molar-refractivity contribution is -0.143. The Hall–Kier alpha value is -1.10. The summed E-state index contributed by atoms with van der Waals surface area (Å²) in [6.45, 7) is 12.5. The van der Waals surface area contributed by atoms with E-state index in [0.29, 0.717) is 26.0 Å². The van der Waals surface area contributed by atoms with E-state index in [1.807, 2.05) is 27.7 Å². The molecular weight excluding hydrogens is 268 g/mol. The summed E-state index contributed by atoms with van der Waals surface area (Å²) < 4.78 is 5.70. The zero-order valence-electron chi connectivity index (χ0n) is 14.5. The number of hydrogen-bond donors (Lipinski definition) is 2. The number of carbonyl (C=O) groups excluding carboxylic acids is 2. The monoisotopic (exact) mass is 300 g/mol. The third-order valence-corrected chi connectivity index (χ3v) is 3.23. The van der Waals surface area contributed by atoms with Gasteiger partial charge in [0.1, 0.15) is 5.60 Å². The Balaban J connectivity index is 4.21. The minimum atomic E-state index is -0.849. The summed E-state index contributed by atoms with van der Waals surface area (Å²) in [7, 11) is 0. The van der Waals surface area contributed by atoms with E-state index in [2.05, 4.69) is 10.6 Å². The van der Waals surface area contributed by atoms with Crippen LogP contribution in [-0.2, 0) is 14.3 Å². The Labute approximate surface area is 129 Å². The quantitative estimate of drug-likeness (QED) is 0.651. The molecule has 0 fully saturated rings. The number of amides is 2. The van der Waals surface area contributed by atoms with Crippen molar-refractivity contribution in [1.29, 1.82) is 0 Å². The standard InChI is InChI=1S/C16H32N2O3/c1-7-9-13(19)18-15(3,4)10-12-21-16(5,6)14(20)17-11-8-2/h7-12H2,1-6H3,(H,17,20)(H,18,19). The fraction of sp³-hybridized carbons (Fsp3) is 0.875. The van der Waals surface area contributed by atoms with Gasteiger partial charge in [-0.2, -0.15) is 0 Å². The van der Waals surface area contributed by atoms with Crippen LogP contribution >= 0.6 is 0 Å². The van der Waals surface area contributed by atoms with Crippen molar-refractivity contribution in [2.24, 2.45) is 0 Å². The molecule has 124 valence electrons. The van der Waals surface area contributed by atoms with Crippen molar-refractivity contribution < 1.29 is 14.3 Å². The topological polar surface area (TPSA) is 67.4 Å². The first-order valence-electron chi connectivity index (χ1n) is 7.88. The molecule has 0 saturated carbocycles. The Morgan fingerprint density at radius 2 is 1.67 bits per heavy atom. The van der Waals surface area contributed by atoms with Gasteiger partial charge in [-0.15, -0.1) is 0 Å². The van der Waals surface area contributed by atoms with Gasteiger partial charge in [-0.25, -0.2) is 0 Å². The van der Waals surface area contributed by atoms with Crippen LogP contribution in [0.15, 0.2) is 0 Å². The predicted molar refractivity (Wildman–Crippen MR) is 85.1 cm³/mol. The smallest absolute Gasteiger partial charge is 0.251 e. The number of rotatable bonds is 10. The van der Waals surface area contributed by atoms with Crippen LogP contribution in [0.5, 0.6) is 0 Å². The lowest BCUT2D eigenvalue weighted by atomic mass is 10.0. The Morgan fingerprint density at radius 3 is 2.19 bits per heavy atom. The van der Waals surface area contributed by atoms with Gasteiger partial charge in [0.15, 0.2) is 0 Å². The van der Waals surface area contributed by atoms with E-state index >= 15 is 0 Å². The Bertz CT molecular complexity index is 338. The minimum Gasteiger partial charge on any atom is -0.366 e. The molecule has 0 bridgehead atoms. The molecule has 0 rings (SSSR count). The molecular formula is C16H32N2O3. The minimum absolute atomic E-state index is 0.0578. The second-order valence-corrected chi connectivity index (χ2v) is 6.55. The van der Waals surface area contributed by atoms with Gasteiger partial charge in [0.2, 0.25) is 5.91 Å². The van der Waals surface area contributed by atoms with Crippen LogP contribution in [0.3, 0.4) is 0 Å². The summed E-state index contributed by atoms with van der Waals surface area (Å²) in [6.07, 6.45) is 2.93. The SMILES string of the molecule is CCCNC(=O)C(C)(C)OCCC(C)(C)NC(=O)CCC. The van der Waals surface area contributed by atoms with Crippen molar-refractivity contribution in [3.8, 4) is 0 Å². The summed E-state index contributed by atoms with van der Waals surface area (Å²) >= 11 is 0. The van der Waals surface area contributed by atoms with Gasteiger partial charge in [-0.05, 0) is 47.0 Å². The summed E-state index contributed by atoms with van der Waals surface area (Å²) in [4.78, 5) is 23.6. The van der Waals surface area contributed by atoms with Crippen molar-refractivity contribution in [2.45, 2.75) is 78.4 Å². The van der Waals surface area contributed by atoms with E-state index in [9.17, 15) is 9.59 Å². The van der Waals surface area contributed by atoms with Gasteiger partial charge >= 0.3 is 0 Å². The molecule has 5 nitrogen and oxygen atoms in total. The van der Waals surface area contributed by atoms with Gasteiger partial charge in [0, 0.05) is 18.5 Å². The molecule has 5 heteroatoms. The zero-order valence-corrected chi connectivity index (χ0v) is 14.5. The van der Waals surface area contributed by atoms with Gasteiger partial charge in [-0.3, -0.25) is 9.59 Å². The van der Waals surface area contributed by atoms with Crippen LogP contribution in [-0.4, -0.2) is 36.1 Å². The largest absolute Gasteiger partial charge is 0.366 e. The number of ether oxygens (including phenoxy) is 1. The molecule has 0 aromatic heterocycles. The highest BCUT2D eigenvalue weighted by Crippen LogP contribution is 2.14. The highest BCUT2D eigenvalue weighted by Gasteiger charge is 2.29. The van der Waals surface area contributed by atoms with Gasteiger partial charge in [0.25, 0.3) is 5.91 Å². The molecule has 0 aromatic rings. The van der Waals surface area contributed by atoms with E-state index in [4.69, 9.17) is 4.74 Å². The maximum absolute atomic E-state index is 11.9. The summed E-state index contributed by atoms with van der Waals surface area (Å²) in [6, 6.07) is 0. The molecule has 0 saturated heterocycles. The normalized spacial score (nSPS) is 12.1. The molecule has 0 aromatic carbocycles. The lowest BCUT2D eigenvalue weighted by Gasteiger charge is -2.29.